The molecule has 0 saturated heterocycles. The number of rotatable bonds is 5. The molecule has 0 saturated carbocycles. The fraction of sp³-hybridized carbons (Fsp3) is 0.231. The second-order valence-electron chi connectivity index (χ2n) is 8.98. The van der Waals surface area contributed by atoms with Gasteiger partial charge in [0.2, 0.25) is 0 Å². The van der Waals surface area contributed by atoms with Gasteiger partial charge in [-0.15, -0.1) is 0 Å². The van der Waals surface area contributed by atoms with Crippen LogP contribution in [0.2, 0.25) is 0 Å². The van der Waals surface area contributed by atoms with Crippen LogP contribution >= 0.6 is 0 Å². The van der Waals surface area contributed by atoms with Gasteiger partial charge in [0.25, 0.3) is 5.56 Å². The average molecular weight is 464 g/mol. The molecule has 0 spiro atoms. The van der Waals surface area contributed by atoms with Crippen molar-refractivity contribution in [2.75, 3.05) is 0 Å². The lowest BCUT2D eigenvalue weighted by Crippen LogP contribution is -2.17. The monoisotopic (exact) mass is 464 g/mol. The summed E-state index contributed by atoms with van der Waals surface area (Å²) in [6.45, 7) is 6.78. The van der Waals surface area contributed by atoms with Gasteiger partial charge in [-0.05, 0) is 74.7 Å². The van der Waals surface area contributed by atoms with Crippen molar-refractivity contribution in [1.29, 1.82) is 0 Å². The topological polar surface area (TPSA) is 105 Å². The van der Waals surface area contributed by atoms with E-state index in [1.165, 1.54) is 22.8 Å². The number of halogens is 1. The van der Waals surface area contributed by atoms with E-state index in [9.17, 15) is 24.2 Å². The number of carboxylic acid groups (broad SMARTS) is 1. The summed E-state index contributed by atoms with van der Waals surface area (Å²) in [5, 5.41) is 20.3. The molecule has 8 heteroatoms. The Balaban J connectivity index is 2.03. The number of fused-ring (bicyclic) bond motifs is 1. The highest BCUT2D eigenvalue weighted by Gasteiger charge is 2.23. The number of hydrogen-bond donors (Lipinski definition) is 3. The Morgan fingerprint density at radius 1 is 1.09 bits per heavy atom. The summed E-state index contributed by atoms with van der Waals surface area (Å²) in [7, 11) is 1.58. The predicted octanol–water partition coefficient (Wildman–Crippen LogP) is 5.01. The number of ether oxygens (including phenoxy) is 1. The molecule has 0 fully saturated rings. The van der Waals surface area contributed by atoms with Crippen LogP contribution < -0.4 is 10.3 Å². The molecule has 4 rings (SSSR count). The van der Waals surface area contributed by atoms with Crippen LogP contribution in [-0.2, 0) is 12.6 Å². The first-order chi connectivity index (χ1) is 15.9. The third-order valence-corrected chi connectivity index (χ3v) is 5.80. The molecule has 0 amide bonds. The molecule has 0 bridgehead atoms. The normalized spacial score (nSPS) is 11.7. The minimum Gasteiger partial charge on any atom is -0.477 e. The van der Waals surface area contributed by atoms with Crippen LogP contribution in [0, 0.1) is 19.7 Å². The summed E-state index contributed by atoms with van der Waals surface area (Å²) in [6.07, 6.45) is 1.59. The number of aromatic carboxylic acids is 1. The van der Waals surface area contributed by atoms with Crippen molar-refractivity contribution in [3.8, 4) is 22.6 Å². The first-order valence-corrected chi connectivity index (χ1v) is 10.6. The Morgan fingerprint density at radius 2 is 1.74 bits per heavy atom. The van der Waals surface area contributed by atoms with Crippen LogP contribution in [-0.4, -0.2) is 25.7 Å². The fourth-order valence-electron chi connectivity index (χ4n) is 4.04. The number of pyridine rings is 1. The number of aromatic amines is 1. The predicted molar refractivity (Wildman–Crippen MR) is 127 cm³/mol. The van der Waals surface area contributed by atoms with E-state index >= 15 is 0 Å². The number of hydrogen-bond acceptors (Lipinski definition) is 4. The van der Waals surface area contributed by atoms with E-state index in [0.717, 1.165) is 0 Å². The van der Waals surface area contributed by atoms with Crippen molar-refractivity contribution in [2.45, 2.75) is 33.3 Å². The van der Waals surface area contributed by atoms with Gasteiger partial charge < -0.3 is 24.5 Å². The van der Waals surface area contributed by atoms with E-state index in [2.05, 4.69) is 4.98 Å². The fourth-order valence-corrected chi connectivity index (χ4v) is 4.04. The molecule has 4 aromatic rings. The molecular weight excluding hydrogens is 439 g/mol. The molecule has 176 valence electrons. The van der Waals surface area contributed by atoms with Crippen molar-refractivity contribution in [1.82, 2.24) is 9.55 Å². The summed E-state index contributed by atoms with van der Waals surface area (Å²) >= 11 is 0. The van der Waals surface area contributed by atoms with Crippen LogP contribution in [0.5, 0.6) is 11.5 Å². The molecule has 0 radical (unpaired) electrons. The van der Waals surface area contributed by atoms with Gasteiger partial charge >= 0.3 is 5.97 Å². The van der Waals surface area contributed by atoms with E-state index < -0.39 is 11.6 Å². The van der Waals surface area contributed by atoms with Gasteiger partial charge in [0, 0.05) is 24.4 Å². The number of benzene rings is 2. The molecule has 34 heavy (non-hydrogen) atoms. The highest BCUT2D eigenvalue weighted by atomic mass is 19.1. The van der Waals surface area contributed by atoms with Crippen LogP contribution in [0.15, 0.2) is 47.4 Å². The van der Waals surface area contributed by atoms with E-state index in [1.54, 1.807) is 59.1 Å². The Hall–Kier alpha value is -3.91. The molecule has 2 heterocycles. The lowest BCUT2D eigenvalue weighted by molar-refractivity contribution is 0.0691. The Morgan fingerprint density at radius 3 is 2.32 bits per heavy atom. The molecule has 0 aliphatic rings. The smallest absolute Gasteiger partial charge is 0.352 e. The van der Waals surface area contributed by atoms with E-state index in [0.29, 0.717) is 44.8 Å². The molecule has 3 N–H and O–H groups in total. The van der Waals surface area contributed by atoms with Gasteiger partial charge in [0.1, 0.15) is 23.0 Å². The summed E-state index contributed by atoms with van der Waals surface area (Å²) in [4.78, 5) is 27.1. The Bertz CT molecular complexity index is 1490. The van der Waals surface area contributed by atoms with Crippen LogP contribution in [0.4, 0.5) is 4.39 Å². The molecule has 2 aromatic carbocycles. The number of H-pyrrole nitrogens is 1. The molecule has 0 unspecified atom stereocenters. The zero-order valence-corrected chi connectivity index (χ0v) is 19.5. The molecule has 0 aliphatic carbocycles. The standard InChI is InChI=1S/C26H25FN2O5/c1-13-8-16(27)9-14(2)23(13)34-21-7-6-15(26(3,4)33)10-17(21)19-12-29(5)24(30)18-11-20(25(31)32)28-22(18)19/h6-12,28,33H,1-5H3,(H,31,32). The first-order valence-electron chi connectivity index (χ1n) is 10.6. The van der Waals surface area contributed by atoms with Crippen molar-refractivity contribution in [2.24, 2.45) is 7.05 Å². The minimum atomic E-state index is -1.19. The largest absolute Gasteiger partial charge is 0.477 e. The second-order valence-corrected chi connectivity index (χ2v) is 8.98. The highest BCUT2D eigenvalue weighted by molar-refractivity contribution is 6.00. The number of nitrogens with zero attached hydrogens (tertiary/aromatic N) is 1. The zero-order valence-electron chi connectivity index (χ0n) is 19.5. The number of aliphatic hydroxyl groups is 1. The molecule has 7 nitrogen and oxygen atoms in total. The molecular formula is C26H25FN2O5. The Kier molecular flexibility index (Phi) is 5.57. The van der Waals surface area contributed by atoms with E-state index in [1.807, 2.05) is 0 Å². The zero-order chi connectivity index (χ0) is 24.9. The number of carbonyl (C=O) groups is 1. The number of nitrogens with one attached hydrogen (secondary N) is 1. The van der Waals surface area contributed by atoms with Crippen molar-refractivity contribution >= 4 is 16.9 Å². The van der Waals surface area contributed by atoms with Gasteiger partial charge in [0.05, 0.1) is 16.5 Å². The third-order valence-electron chi connectivity index (χ3n) is 5.80. The molecule has 0 aliphatic heterocycles. The van der Waals surface area contributed by atoms with Crippen LogP contribution in [0.3, 0.4) is 0 Å². The summed E-state index contributed by atoms with van der Waals surface area (Å²) < 4.78 is 21.5. The van der Waals surface area contributed by atoms with Gasteiger partial charge in [-0.25, -0.2) is 9.18 Å². The summed E-state index contributed by atoms with van der Waals surface area (Å²) in [5.74, 6) is -0.676. The van der Waals surface area contributed by atoms with Crippen molar-refractivity contribution in [3.05, 3.63) is 81.2 Å². The Labute approximate surface area is 195 Å². The van der Waals surface area contributed by atoms with E-state index in [4.69, 9.17) is 4.74 Å². The summed E-state index contributed by atoms with van der Waals surface area (Å²) in [5.41, 5.74) is 1.55. The van der Waals surface area contributed by atoms with Gasteiger partial charge in [-0.1, -0.05) is 6.07 Å². The third kappa shape index (κ3) is 4.08. The first kappa shape index (κ1) is 23.3. The van der Waals surface area contributed by atoms with Gasteiger partial charge in [-0.2, -0.15) is 0 Å². The number of aryl methyl sites for hydroxylation is 3. The lowest BCUT2D eigenvalue weighted by atomic mass is 9.93. The lowest BCUT2D eigenvalue weighted by Gasteiger charge is -2.22. The van der Waals surface area contributed by atoms with Gasteiger partial charge in [0.15, 0.2) is 0 Å². The van der Waals surface area contributed by atoms with Crippen LogP contribution in [0.25, 0.3) is 22.0 Å². The maximum Gasteiger partial charge on any atom is 0.352 e. The maximum atomic E-state index is 13.8. The molecule has 2 aromatic heterocycles. The van der Waals surface area contributed by atoms with Gasteiger partial charge in [-0.3, -0.25) is 4.79 Å². The average Bonchev–Trinajstić information content (AvgIpc) is 3.19. The minimum absolute atomic E-state index is 0.120. The summed E-state index contributed by atoms with van der Waals surface area (Å²) in [6, 6.07) is 9.22. The number of aromatic nitrogens is 2. The van der Waals surface area contributed by atoms with Crippen LogP contribution in [0.1, 0.15) is 41.0 Å². The van der Waals surface area contributed by atoms with Crippen molar-refractivity contribution in [3.63, 3.8) is 0 Å². The van der Waals surface area contributed by atoms with E-state index in [-0.39, 0.29) is 22.5 Å². The highest BCUT2D eigenvalue weighted by Crippen LogP contribution is 2.40. The molecule has 0 atom stereocenters. The SMILES string of the molecule is Cc1cc(F)cc(C)c1Oc1ccc(C(C)(C)O)cc1-c1cn(C)c(=O)c2cc(C(=O)O)[nH]c12. The number of carboxylic acids is 1. The maximum absolute atomic E-state index is 13.8. The second kappa shape index (κ2) is 8.14. The quantitative estimate of drug-likeness (QED) is 0.385. The van der Waals surface area contributed by atoms with Crippen molar-refractivity contribution < 1.29 is 24.1 Å².